The zero-order valence-corrected chi connectivity index (χ0v) is 16.4. The maximum absolute atomic E-state index is 13.4. The zero-order valence-electron chi connectivity index (χ0n) is 16.4. The Kier molecular flexibility index (Phi) is 4.92. The lowest BCUT2D eigenvalue weighted by Crippen LogP contribution is -2.38. The number of aryl methyl sites for hydroxylation is 1. The second-order valence-electron chi connectivity index (χ2n) is 7.15. The molecule has 0 atom stereocenters. The Morgan fingerprint density at radius 3 is 2.79 bits per heavy atom. The van der Waals surface area contributed by atoms with Crippen LogP contribution in [0.15, 0.2) is 52.3 Å². The quantitative estimate of drug-likeness (QED) is 0.545. The van der Waals surface area contributed by atoms with Crippen molar-refractivity contribution in [1.29, 1.82) is 0 Å². The van der Waals surface area contributed by atoms with Crippen LogP contribution in [0.4, 0.5) is 4.39 Å². The third-order valence-corrected chi connectivity index (χ3v) is 5.05. The largest absolute Gasteiger partial charge is 0.349 e. The molecule has 8 heteroatoms. The van der Waals surface area contributed by atoms with Crippen molar-refractivity contribution in [2.24, 2.45) is 7.05 Å². The second kappa shape index (κ2) is 7.54. The normalized spacial score (nSPS) is 11.4. The standard InChI is InChI=1S/C21H22FN5O2/c1-3-4-8-27-20(28)19-18(25(2)21(27)29)10-17(24-19)15-11-23-26(13-15)12-14-6-5-7-16(22)9-14/h5-7,9-11,13,24H,3-4,8,12H2,1-2H3. The number of hydrogen-bond donors (Lipinski definition) is 1. The lowest BCUT2D eigenvalue weighted by atomic mass is 10.2. The summed E-state index contributed by atoms with van der Waals surface area (Å²) in [5.74, 6) is -0.286. The molecule has 0 fully saturated rings. The molecule has 4 rings (SSSR count). The number of H-pyrrole nitrogens is 1. The fourth-order valence-corrected chi connectivity index (χ4v) is 3.46. The van der Waals surface area contributed by atoms with Crippen LogP contribution in [0.2, 0.25) is 0 Å². The first-order valence-corrected chi connectivity index (χ1v) is 9.57. The van der Waals surface area contributed by atoms with E-state index in [1.54, 1.807) is 30.1 Å². The van der Waals surface area contributed by atoms with Gasteiger partial charge in [0, 0.05) is 25.4 Å². The number of aromatic amines is 1. The predicted octanol–water partition coefficient (Wildman–Crippen LogP) is 2.88. The molecule has 3 aromatic heterocycles. The van der Waals surface area contributed by atoms with Crippen LogP contribution in [-0.4, -0.2) is 23.9 Å². The highest BCUT2D eigenvalue weighted by Crippen LogP contribution is 2.21. The second-order valence-corrected chi connectivity index (χ2v) is 7.15. The fourth-order valence-electron chi connectivity index (χ4n) is 3.46. The highest BCUT2D eigenvalue weighted by atomic mass is 19.1. The summed E-state index contributed by atoms with van der Waals surface area (Å²) in [5, 5.41) is 4.33. The molecule has 0 aliphatic carbocycles. The highest BCUT2D eigenvalue weighted by Gasteiger charge is 2.15. The molecule has 3 heterocycles. The molecule has 1 N–H and O–H groups in total. The molecule has 0 aliphatic heterocycles. The summed E-state index contributed by atoms with van der Waals surface area (Å²) in [7, 11) is 1.66. The Morgan fingerprint density at radius 1 is 1.21 bits per heavy atom. The van der Waals surface area contributed by atoms with Crippen LogP contribution in [0.3, 0.4) is 0 Å². The number of fused-ring (bicyclic) bond motifs is 1. The molecule has 1 aromatic carbocycles. The topological polar surface area (TPSA) is 77.6 Å². The van der Waals surface area contributed by atoms with Crippen LogP contribution in [0, 0.1) is 5.82 Å². The average Bonchev–Trinajstić information content (AvgIpc) is 3.34. The van der Waals surface area contributed by atoms with Crippen molar-refractivity contribution in [3.8, 4) is 11.3 Å². The highest BCUT2D eigenvalue weighted by molar-refractivity contribution is 5.82. The van der Waals surface area contributed by atoms with Crippen molar-refractivity contribution in [1.82, 2.24) is 23.9 Å². The minimum atomic E-state index is -0.316. The summed E-state index contributed by atoms with van der Waals surface area (Å²) in [5.41, 5.74) is 2.61. The minimum absolute atomic E-state index is 0.286. The first kappa shape index (κ1) is 18.9. The van der Waals surface area contributed by atoms with Crippen molar-refractivity contribution >= 4 is 11.0 Å². The third-order valence-electron chi connectivity index (χ3n) is 5.05. The summed E-state index contributed by atoms with van der Waals surface area (Å²) >= 11 is 0. The van der Waals surface area contributed by atoms with E-state index in [4.69, 9.17) is 0 Å². The lowest BCUT2D eigenvalue weighted by Gasteiger charge is -2.07. The van der Waals surface area contributed by atoms with E-state index >= 15 is 0 Å². The lowest BCUT2D eigenvalue weighted by molar-refractivity contribution is 0.567. The molecule has 0 saturated heterocycles. The van der Waals surface area contributed by atoms with Crippen molar-refractivity contribution in [3.63, 3.8) is 0 Å². The van der Waals surface area contributed by atoms with Gasteiger partial charge in [0.05, 0.1) is 24.0 Å². The van der Waals surface area contributed by atoms with Gasteiger partial charge < -0.3 is 4.98 Å². The van der Waals surface area contributed by atoms with E-state index in [9.17, 15) is 14.0 Å². The number of benzene rings is 1. The fraction of sp³-hybridized carbons (Fsp3) is 0.286. The van der Waals surface area contributed by atoms with Gasteiger partial charge in [-0.15, -0.1) is 0 Å². The Hall–Kier alpha value is -3.42. The molecule has 0 saturated carbocycles. The summed E-state index contributed by atoms with van der Waals surface area (Å²) in [6.45, 7) is 2.85. The molecule has 0 radical (unpaired) electrons. The summed E-state index contributed by atoms with van der Waals surface area (Å²) in [6.07, 6.45) is 5.16. The van der Waals surface area contributed by atoms with E-state index in [-0.39, 0.29) is 17.1 Å². The average molecular weight is 395 g/mol. The van der Waals surface area contributed by atoms with E-state index in [1.165, 1.54) is 21.3 Å². The molecule has 0 aliphatic rings. The van der Waals surface area contributed by atoms with Gasteiger partial charge in [-0.25, -0.2) is 9.18 Å². The third kappa shape index (κ3) is 3.53. The van der Waals surface area contributed by atoms with Crippen molar-refractivity contribution in [3.05, 3.63) is 74.9 Å². The number of halogens is 1. The van der Waals surface area contributed by atoms with Crippen molar-refractivity contribution in [2.45, 2.75) is 32.9 Å². The van der Waals surface area contributed by atoms with Gasteiger partial charge in [0.1, 0.15) is 11.3 Å². The van der Waals surface area contributed by atoms with Crippen molar-refractivity contribution < 1.29 is 4.39 Å². The predicted molar refractivity (Wildman–Crippen MR) is 109 cm³/mol. The molecule has 0 bridgehead atoms. The van der Waals surface area contributed by atoms with Gasteiger partial charge in [0.15, 0.2) is 0 Å². The van der Waals surface area contributed by atoms with Gasteiger partial charge in [0.25, 0.3) is 5.56 Å². The summed E-state index contributed by atoms with van der Waals surface area (Å²) in [6, 6.07) is 8.16. The van der Waals surface area contributed by atoms with Crippen LogP contribution in [0.5, 0.6) is 0 Å². The maximum atomic E-state index is 13.4. The number of aromatic nitrogens is 5. The molecule has 0 unspecified atom stereocenters. The molecular weight excluding hydrogens is 373 g/mol. The van der Waals surface area contributed by atoms with Crippen LogP contribution < -0.4 is 11.2 Å². The number of unbranched alkanes of at least 4 members (excludes halogenated alkanes) is 1. The van der Waals surface area contributed by atoms with E-state index in [0.29, 0.717) is 29.8 Å². The first-order valence-electron chi connectivity index (χ1n) is 9.57. The van der Waals surface area contributed by atoms with Gasteiger partial charge in [-0.2, -0.15) is 5.10 Å². The van der Waals surface area contributed by atoms with Gasteiger partial charge in [-0.3, -0.25) is 18.6 Å². The number of nitrogens with one attached hydrogen (secondary N) is 1. The Morgan fingerprint density at radius 2 is 2.03 bits per heavy atom. The maximum Gasteiger partial charge on any atom is 0.331 e. The Labute approximate surface area is 166 Å². The van der Waals surface area contributed by atoms with E-state index in [0.717, 1.165) is 24.0 Å². The van der Waals surface area contributed by atoms with Crippen LogP contribution in [0.25, 0.3) is 22.3 Å². The smallest absolute Gasteiger partial charge is 0.331 e. The SMILES string of the molecule is CCCCn1c(=O)c2[nH]c(-c3cnn(Cc4cccc(F)c4)c3)cc2n(C)c1=O. The summed E-state index contributed by atoms with van der Waals surface area (Å²) in [4.78, 5) is 28.5. The van der Waals surface area contributed by atoms with Crippen LogP contribution >= 0.6 is 0 Å². The summed E-state index contributed by atoms with van der Waals surface area (Å²) < 4.78 is 17.9. The number of rotatable bonds is 6. The molecule has 0 amide bonds. The zero-order chi connectivity index (χ0) is 20.5. The van der Waals surface area contributed by atoms with Crippen molar-refractivity contribution in [2.75, 3.05) is 0 Å². The van der Waals surface area contributed by atoms with Crippen LogP contribution in [-0.2, 0) is 20.1 Å². The van der Waals surface area contributed by atoms with Gasteiger partial charge in [0.2, 0.25) is 0 Å². The van der Waals surface area contributed by atoms with E-state index < -0.39 is 0 Å². The molecule has 7 nitrogen and oxygen atoms in total. The van der Waals surface area contributed by atoms with Gasteiger partial charge in [-0.1, -0.05) is 25.5 Å². The molecule has 0 spiro atoms. The molecule has 29 heavy (non-hydrogen) atoms. The minimum Gasteiger partial charge on any atom is -0.349 e. The van der Waals surface area contributed by atoms with E-state index in [2.05, 4.69) is 10.1 Å². The Balaban J connectivity index is 1.71. The molecular formula is C21H22FN5O2. The van der Waals surface area contributed by atoms with Crippen LogP contribution in [0.1, 0.15) is 25.3 Å². The Bertz CT molecular complexity index is 1290. The van der Waals surface area contributed by atoms with E-state index in [1.807, 2.05) is 19.2 Å². The molecule has 4 aromatic rings. The number of hydrogen-bond acceptors (Lipinski definition) is 3. The monoisotopic (exact) mass is 395 g/mol. The van der Waals surface area contributed by atoms with Gasteiger partial charge >= 0.3 is 5.69 Å². The van der Waals surface area contributed by atoms with Gasteiger partial charge in [-0.05, 0) is 30.2 Å². The first-order chi connectivity index (χ1) is 14.0. The number of nitrogens with zero attached hydrogens (tertiary/aromatic N) is 4. The molecule has 150 valence electrons.